The number of nitrogens with one attached hydrogen (secondary N) is 1. The van der Waals surface area contributed by atoms with Crippen molar-refractivity contribution in [2.45, 2.75) is 12.5 Å². The average Bonchev–Trinajstić information content (AvgIpc) is 2.72. The van der Waals surface area contributed by atoms with Crippen molar-refractivity contribution in [2.75, 3.05) is 7.11 Å². The number of esters is 1. The van der Waals surface area contributed by atoms with Crippen LogP contribution < -0.4 is 5.73 Å². The fourth-order valence-corrected chi connectivity index (χ4v) is 2.46. The number of nitrogens with two attached hydrogens (primary N) is 1. The lowest BCUT2D eigenvalue weighted by atomic mass is 10.1. The molecular weight excluding hydrogens is 284 g/mol. The summed E-state index contributed by atoms with van der Waals surface area (Å²) in [4.78, 5) is 14.4. The molecule has 17 heavy (non-hydrogen) atoms. The van der Waals surface area contributed by atoms with Crippen LogP contribution in [0.1, 0.15) is 5.56 Å². The van der Waals surface area contributed by atoms with Crippen molar-refractivity contribution < 1.29 is 9.53 Å². The van der Waals surface area contributed by atoms with E-state index in [1.54, 1.807) is 0 Å². The first-order valence-electron chi connectivity index (χ1n) is 5.21. The summed E-state index contributed by atoms with van der Waals surface area (Å²) in [7, 11) is 1.34. The Labute approximate surface area is 107 Å². The molecular formula is C12H13BrN2O2. The van der Waals surface area contributed by atoms with Crippen LogP contribution in [-0.2, 0) is 16.0 Å². The number of benzene rings is 1. The van der Waals surface area contributed by atoms with Gasteiger partial charge in [0.2, 0.25) is 0 Å². The molecule has 0 radical (unpaired) electrons. The Balaban J connectivity index is 2.34. The van der Waals surface area contributed by atoms with E-state index < -0.39 is 12.0 Å². The molecule has 0 amide bonds. The van der Waals surface area contributed by atoms with Gasteiger partial charge >= 0.3 is 5.97 Å². The van der Waals surface area contributed by atoms with E-state index in [2.05, 4.69) is 25.7 Å². The highest BCUT2D eigenvalue weighted by molar-refractivity contribution is 9.10. The molecule has 1 atom stereocenters. The van der Waals surface area contributed by atoms with Gasteiger partial charge in [-0.25, -0.2) is 0 Å². The number of carbonyl (C=O) groups excluding carboxylic acids is 1. The van der Waals surface area contributed by atoms with Crippen molar-refractivity contribution in [1.82, 2.24) is 4.98 Å². The van der Waals surface area contributed by atoms with Crippen LogP contribution in [0, 0.1) is 0 Å². The Kier molecular flexibility index (Phi) is 3.49. The minimum Gasteiger partial charge on any atom is -0.468 e. The third-order valence-electron chi connectivity index (χ3n) is 2.68. The lowest BCUT2D eigenvalue weighted by Gasteiger charge is -2.08. The number of aromatic amines is 1. The highest BCUT2D eigenvalue weighted by Gasteiger charge is 2.17. The van der Waals surface area contributed by atoms with E-state index in [9.17, 15) is 4.79 Å². The molecule has 0 unspecified atom stereocenters. The van der Waals surface area contributed by atoms with Crippen LogP contribution in [0.25, 0.3) is 10.9 Å². The van der Waals surface area contributed by atoms with Crippen molar-refractivity contribution in [3.8, 4) is 0 Å². The number of carbonyl (C=O) groups is 1. The zero-order chi connectivity index (χ0) is 12.4. The molecule has 1 aromatic heterocycles. The molecule has 2 rings (SSSR count). The van der Waals surface area contributed by atoms with Gasteiger partial charge in [0.15, 0.2) is 0 Å². The van der Waals surface area contributed by atoms with Gasteiger partial charge in [-0.15, -0.1) is 0 Å². The molecule has 0 aliphatic rings. The summed E-state index contributed by atoms with van der Waals surface area (Å²) in [6.07, 6.45) is 2.33. The van der Waals surface area contributed by atoms with Gasteiger partial charge in [-0.2, -0.15) is 0 Å². The summed E-state index contributed by atoms with van der Waals surface area (Å²) in [5.74, 6) is -0.397. The van der Waals surface area contributed by atoms with Crippen LogP contribution >= 0.6 is 15.9 Å². The number of aromatic nitrogens is 1. The van der Waals surface area contributed by atoms with Crippen LogP contribution in [0.3, 0.4) is 0 Å². The maximum atomic E-state index is 11.3. The highest BCUT2D eigenvalue weighted by atomic mass is 79.9. The molecule has 0 fully saturated rings. The molecule has 0 spiro atoms. The fourth-order valence-electron chi connectivity index (χ4n) is 1.84. The van der Waals surface area contributed by atoms with Gasteiger partial charge in [0.1, 0.15) is 6.04 Å². The van der Waals surface area contributed by atoms with E-state index >= 15 is 0 Å². The largest absolute Gasteiger partial charge is 0.468 e. The van der Waals surface area contributed by atoms with Crippen LogP contribution in [-0.4, -0.2) is 24.1 Å². The second kappa shape index (κ2) is 4.89. The lowest BCUT2D eigenvalue weighted by Crippen LogP contribution is -2.33. The van der Waals surface area contributed by atoms with E-state index in [4.69, 9.17) is 5.73 Å². The summed E-state index contributed by atoms with van der Waals surface area (Å²) < 4.78 is 5.61. The van der Waals surface area contributed by atoms with Gasteiger partial charge < -0.3 is 15.5 Å². The van der Waals surface area contributed by atoms with Crippen LogP contribution in [0.4, 0.5) is 0 Å². The van der Waals surface area contributed by atoms with Crippen molar-refractivity contribution in [3.05, 3.63) is 34.4 Å². The first-order valence-corrected chi connectivity index (χ1v) is 6.00. The van der Waals surface area contributed by atoms with Crippen molar-refractivity contribution in [2.24, 2.45) is 5.73 Å². The molecule has 5 heteroatoms. The van der Waals surface area contributed by atoms with Crippen molar-refractivity contribution >= 4 is 32.8 Å². The van der Waals surface area contributed by atoms with Crippen molar-refractivity contribution in [1.29, 1.82) is 0 Å². The Bertz CT molecular complexity index is 550. The fraction of sp³-hybridized carbons (Fsp3) is 0.250. The molecule has 1 heterocycles. The summed E-state index contributed by atoms with van der Waals surface area (Å²) in [6.45, 7) is 0. The number of hydrogen-bond acceptors (Lipinski definition) is 3. The lowest BCUT2D eigenvalue weighted by molar-refractivity contribution is -0.142. The Morgan fingerprint density at radius 2 is 2.35 bits per heavy atom. The van der Waals surface area contributed by atoms with Crippen LogP contribution in [0.2, 0.25) is 0 Å². The molecule has 90 valence electrons. The predicted molar refractivity (Wildman–Crippen MR) is 69.7 cm³/mol. The Morgan fingerprint density at radius 3 is 3.06 bits per heavy atom. The first-order chi connectivity index (χ1) is 8.13. The standard InChI is InChI=1S/C12H13BrN2O2/c1-17-12(16)9(14)5-7-6-15-10-4-2-3-8(13)11(7)10/h2-4,6,9,15H,5,14H2,1H3/t9-/m0/s1. The summed E-state index contributed by atoms with van der Waals surface area (Å²) >= 11 is 3.49. The van der Waals surface area contributed by atoms with Crippen LogP contribution in [0.15, 0.2) is 28.9 Å². The minimum atomic E-state index is -0.633. The van der Waals surface area contributed by atoms with E-state index in [0.717, 1.165) is 20.9 Å². The summed E-state index contributed by atoms with van der Waals surface area (Å²) in [5, 5.41) is 1.06. The quantitative estimate of drug-likeness (QED) is 0.851. The van der Waals surface area contributed by atoms with E-state index in [0.29, 0.717) is 6.42 Å². The summed E-state index contributed by atoms with van der Waals surface area (Å²) in [6, 6.07) is 5.26. The van der Waals surface area contributed by atoms with Crippen molar-refractivity contribution in [3.63, 3.8) is 0 Å². The molecule has 0 bridgehead atoms. The van der Waals surface area contributed by atoms with Gasteiger partial charge in [-0.05, 0) is 17.7 Å². The molecule has 4 nitrogen and oxygen atoms in total. The monoisotopic (exact) mass is 296 g/mol. The SMILES string of the molecule is COC(=O)[C@@H](N)Cc1c[nH]c2cccc(Br)c12. The number of halogens is 1. The predicted octanol–water partition coefficient (Wildman–Crippen LogP) is 1.97. The topological polar surface area (TPSA) is 68.1 Å². The number of fused-ring (bicyclic) bond motifs is 1. The van der Waals surface area contributed by atoms with Gasteiger partial charge in [-0.1, -0.05) is 22.0 Å². The molecule has 2 aromatic rings. The molecule has 0 saturated heterocycles. The summed E-state index contributed by atoms with van der Waals surface area (Å²) in [5.41, 5.74) is 7.78. The van der Waals surface area contributed by atoms with E-state index in [1.807, 2.05) is 24.4 Å². The Hall–Kier alpha value is -1.33. The van der Waals surface area contributed by atoms with Gasteiger partial charge in [0.25, 0.3) is 0 Å². The average molecular weight is 297 g/mol. The van der Waals surface area contributed by atoms with E-state index in [1.165, 1.54) is 7.11 Å². The zero-order valence-corrected chi connectivity index (χ0v) is 11.0. The minimum absolute atomic E-state index is 0.397. The third kappa shape index (κ3) is 2.35. The van der Waals surface area contributed by atoms with Gasteiger partial charge in [0, 0.05) is 28.0 Å². The molecule has 1 aromatic carbocycles. The van der Waals surface area contributed by atoms with Gasteiger partial charge in [0.05, 0.1) is 7.11 Å². The van der Waals surface area contributed by atoms with E-state index in [-0.39, 0.29) is 0 Å². The molecule has 0 saturated carbocycles. The number of methoxy groups -OCH3 is 1. The Morgan fingerprint density at radius 1 is 1.59 bits per heavy atom. The first kappa shape index (κ1) is 12.1. The number of ether oxygens (including phenoxy) is 1. The van der Waals surface area contributed by atoms with Gasteiger partial charge in [-0.3, -0.25) is 4.79 Å². The maximum Gasteiger partial charge on any atom is 0.322 e. The normalized spacial score (nSPS) is 12.6. The highest BCUT2D eigenvalue weighted by Crippen LogP contribution is 2.27. The molecule has 0 aliphatic carbocycles. The second-order valence-electron chi connectivity index (χ2n) is 3.81. The third-order valence-corrected chi connectivity index (χ3v) is 3.34. The maximum absolute atomic E-state index is 11.3. The second-order valence-corrected chi connectivity index (χ2v) is 4.66. The number of H-pyrrole nitrogens is 1. The van der Waals surface area contributed by atoms with Crippen LogP contribution in [0.5, 0.6) is 0 Å². The zero-order valence-electron chi connectivity index (χ0n) is 9.37. The number of rotatable bonds is 3. The molecule has 3 N–H and O–H groups in total. The number of hydrogen-bond donors (Lipinski definition) is 2. The molecule has 0 aliphatic heterocycles. The smallest absolute Gasteiger partial charge is 0.322 e.